The van der Waals surface area contributed by atoms with Gasteiger partial charge in [0.2, 0.25) is 0 Å². The first kappa shape index (κ1) is 17.2. The number of benzene rings is 1. The molecular weight excluding hydrogens is 236 g/mol. The van der Waals surface area contributed by atoms with Gasteiger partial charge in [0.1, 0.15) is 5.75 Å². The zero-order valence-corrected chi connectivity index (χ0v) is 9.34. The van der Waals surface area contributed by atoms with Crippen LogP contribution in [0.4, 0.5) is 0 Å². The van der Waals surface area contributed by atoms with Gasteiger partial charge in [0.15, 0.2) is 0 Å². The first-order valence-corrected chi connectivity index (χ1v) is 5.55. The fourth-order valence-corrected chi connectivity index (χ4v) is 0.428. The Hall–Kier alpha value is -1.19. The third-order valence-corrected chi connectivity index (χ3v) is 0.923. The van der Waals surface area contributed by atoms with E-state index in [1.165, 1.54) is 0 Å². The standard InChI is InChI=1S/C6H6O.C2H8N2.H2O4S/c7-6-4-2-1-3-5-6;3-1-2-4;1-5(2,3)4/h1-5,7H;1-4H2;(H2,1,2,3,4). The van der Waals surface area contributed by atoms with Crippen LogP contribution in [-0.4, -0.2) is 35.7 Å². The monoisotopic (exact) mass is 252 g/mol. The first-order valence-electron chi connectivity index (χ1n) is 4.15. The largest absolute Gasteiger partial charge is 0.508 e. The van der Waals surface area contributed by atoms with Crippen LogP contribution in [0.15, 0.2) is 30.3 Å². The van der Waals surface area contributed by atoms with Crippen molar-refractivity contribution in [3.8, 4) is 5.75 Å². The van der Waals surface area contributed by atoms with Gasteiger partial charge < -0.3 is 16.6 Å². The Balaban J connectivity index is 0. The molecule has 8 heteroatoms. The van der Waals surface area contributed by atoms with Crippen LogP contribution >= 0.6 is 0 Å². The highest BCUT2D eigenvalue weighted by Gasteiger charge is 1.84. The quantitative estimate of drug-likeness (QED) is 0.429. The summed E-state index contributed by atoms with van der Waals surface area (Å²) in [5, 5.41) is 8.63. The lowest BCUT2D eigenvalue weighted by Crippen LogP contribution is -2.11. The molecule has 7 nitrogen and oxygen atoms in total. The molecule has 0 amide bonds. The molecule has 0 atom stereocenters. The van der Waals surface area contributed by atoms with Gasteiger partial charge in [0.25, 0.3) is 0 Å². The summed E-state index contributed by atoms with van der Waals surface area (Å²) < 4.78 is 31.6. The Morgan fingerprint density at radius 3 is 1.44 bits per heavy atom. The number of rotatable bonds is 1. The van der Waals surface area contributed by atoms with Gasteiger partial charge in [-0.15, -0.1) is 0 Å². The lowest BCUT2D eigenvalue weighted by atomic mass is 10.3. The molecule has 0 aliphatic rings. The minimum absolute atomic E-state index is 0.322. The Bertz CT molecular complexity index is 331. The molecule has 0 bridgehead atoms. The van der Waals surface area contributed by atoms with Crippen molar-refractivity contribution < 1.29 is 22.6 Å². The van der Waals surface area contributed by atoms with Gasteiger partial charge in [-0.3, -0.25) is 9.11 Å². The van der Waals surface area contributed by atoms with Crippen molar-refractivity contribution in [2.24, 2.45) is 11.5 Å². The van der Waals surface area contributed by atoms with E-state index in [2.05, 4.69) is 0 Å². The van der Waals surface area contributed by atoms with Crippen molar-refractivity contribution in [1.29, 1.82) is 0 Å². The average Bonchev–Trinajstić information content (AvgIpc) is 2.17. The molecule has 0 fully saturated rings. The van der Waals surface area contributed by atoms with Crippen LogP contribution in [0.25, 0.3) is 0 Å². The SMILES string of the molecule is NCCN.O=S(=O)(O)O.Oc1ccccc1. The number of hydrogen-bond donors (Lipinski definition) is 5. The average molecular weight is 252 g/mol. The second-order valence-corrected chi connectivity index (χ2v) is 3.26. The van der Waals surface area contributed by atoms with Gasteiger partial charge in [-0.2, -0.15) is 8.42 Å². The summed E-state index contributed by atoms with van der Waals surface area (Å²) in [6.07, 6.45) is 0. The molecule has 94 valence electrons. The van der Waals surface area contributed by atoms with Crippen molar-refractivity contribution in [3.63, 3.8) is 0 Å². The third-order valence-electron chi connectivity index (χ3n) is 0.923. The van der Waals surface area contributed by atoms with E-state index in [1.807, 2.05) is 6.07 Å². The second-order valence-electron chi connectivity index (χ2n) is 2.36. The molecule has 1 aromatic rings. The molecule has 1 rings (SSSR count). The predicted molar refractivity (Wildman–Crippen MR) is 60.4 cm³/mol. The number of aromatic hydroxyl groups is 1. The lowest BCUT2D eigenvalue weighted by Gasteiger charge is -1.82. The van der Waals surface area contributed by atoms with E-state index in [-0.39, 0.29) is 0 Å². The minimum atomic E-state index is -4.67. The Kier molecular flexibility index (Phi) is 11.1. The van der Waals surface area contributed by atoms with Gasteiger partial charge in [-0.25, -0.2) is 0 Å². The fourth-order valence-electron chi connectivity index (χ4n) is 0.428. The third kappa shape index (κ3) is 29.3. The van der Waals surface area contributed by atoms with E-state index in [0.29, 0.717) is 18.8 Å². The maximum Gasteiger partial charge on any atom is 0.394 e. The minimum Gasteiger partial charge on any atom is -0.508 e. The molecule has 0 spiro atoms. The van der Waals surface area contributed by atoms with Crippen molar-refractivity contribution in [2.75, 3.05) is 13.1 Å². The summed E-state index contributed by atoms with van der Waals surface area (Å²) in [6.45, 7) is 1.19. The molecule has 0 heterocycles. The first-order chi connectivity index (χ1) is 7.31. The molecule has 0 aliphatic heterocycles. The van der Waals surface area contributed by atoms with Crippen LogP contribution in [0.3, 0.4) is 0 Å². The number of nitrogens with two attached hydrogens (primary N) is 2. The number of phenolic OH excluding ortho intramolecular Hbond substituents is 1. The predicted octanol–water partition coefficient (Wildman–Crippen LogP) is -0.357. The maximum atomic E-state index is 8.74. The van der Waals surface area contributed by atoms with Crippen molar-refractivity contribution in [2.45, 2.75) is 0 Å². The van der Waals surface area contributed by atoms with Crippen LogP contribution < -0.4 is 11.5 Å². The molecule has 0 unspecified atom stereocenters. The summed E-state index contributed by atoms with van der Waals surface area (Å²) in [5.41, 5.74) is 9.81. The fraction of sp³-hybridized carbons (Fsp3) is 0.250. The van der Waals surface area contributed by atoms with Gasteiger partial charge >= 0.3 is 10.4 Å². The van der Waals surface area contributed by atoms with Crippen molar-refractivity contribution >= 4 is 10.4 Å². The highest BCUT2D eigenvalue weighted by Crippen LogP contribution is 2.02. The molecule has 7 N–H and O–H groups in total. The summed E-state index contributed by atoms with van der Waals surface area (Å²) >= 11 is 0. The van der Waals surface area contributed by atoms with Crippen molar-refractivity contribution in [1.82, 2.24) is 0 Å². The van der Waals surface area contributed by atoms with Crippen LogP contribution in [0.1, 0.15) is 0 Å². The van der Waals surface area contributed by atoms with E-state index in [0.717, 1.165) is 0 Å². The lowest BCUT2D eigenvalue weighted by molar-refractivity contribution is 0.381. The number of phenols is 1. The van der Waals surface area contributed by atoms with E-state index in [9.17, 15) is 0 Å². The second kappa shape index (κ2) is 10.3. The van der Waals surface area contributed by atoms with E-state index < -0.39 is 10.4 Å². The Morgan fingerprint density at radius 1 is 1.00 bits per heavy atom. The molecule has 0 saturated heterocycles. The van der Waals surface area contributed by atoms with Gasteiger partial charge in [0, 0.05) is 13.1 Å². The molecule has 0 radical (unpaired) electrons. The smallest absolute Gasteiger partial charge is 0.394 e. The van der Waals surface area contributed by atoms with E-state index in [4.69, 9.17) is 34.1 Å². The normalized spacial score (nSPS) is 9.25. The van der Waals surface area contributed by atoms with E-state index in [1.54, 1.807) is 24.3 Å². The topological polar surface area (TPSA) is 147 Å². The number of hydrogen-bond acceptors (Lipinski definition) is 5. The van der Waals surface area contributed by atoms with Gasteiger partial charge in [-0.1, -0.05) is 18.2 Å². The van der Waals surface area contributed by atoms with Gasteiger partial charge in [-0.05, 0) is 12.1 Å². The van der Waals surface area contributed by atoms with Crippen LogP contribution in [-0.2, 0) is 10.4 Å². The zero-order valence-electron chi connectivity index (χ0n) is 8.52. The van der Waals surface area contributed by atoms with E-state index >= 15 is 0 Å². The molecule has 0 saturated carbocycles. The molecular formula is C8H16N2O5S. The Labute approximate surface area is 94.3 Å². The molecule has 0 aromatic heterocycles. The highest BCUT2D eigenvalue weighted by atomic mass is 32.3. The maximum absolute atomic E-state index is 8.74. The summed E-state index contributed by atoms with van der Waals surface area (Å²) in [4.78, 5) is 0. The molecule has 16 heavy (non-hydrogen) atoms. The highest BCUT2D eigenvalue weighted by molar-refractivity contribution is 7.79. The van der Waals surface area contributed by atoms with Gasteiger partial charge in [0.05, 0.1) is 0 Å². The van der Waals surface area contributed by atoms with Crippen LogP contribution in [0, 0.1) is 0 Å². The van der Waals surface area contributed by atoms with Crippen LogP contribution in [0.2, 0.25) is 0 Å². The Morgan fingerprint density at radius 2 is 1.31 bits per heavy atom. The van der Waals surface area contributed by atoms with Crippen molar-refractivity contribution in [3.05, 3.63) is 30.3 Å². The molecule has 1 aromatic carbocycles. The van der Waals surface area contributed by atoms with Crippen LogP contribution in [0.5, 0.6) is 5.75 Å². The summed E-state index contributed by atoms with van der Waals surface area (Å²) in [6, 6.07) is 8.71. The summed E-state index contributed by atoms with van der Waals surface area (Å²) in [5.74, 6) is 0.322. The number of para-hydroxylation sites is 1. The molecule has 0 aliphatic carbocycles. The zero-order chi connectivity index (χ0) is 13.0. The summed E-state index contributed by atoms with van der Waals surface area (Å²) in [7, 11) is -4.67.